The van der Waals surface area contributed by atoms with Crippen molar-refractivity contribution in [3.05, 3.63) is 0 Å². The van der Waals surface area contributed by atoms with Gasteiger partial charge in [-0.15, -0.1) is 0 Å². The van der Waals surface area contributed by atoms with Crippen LogP contribution in [-0.2, 0) is 4.74 Å². The van der Waals surface area contributed by atoms with Crippen LogP contribution in [0.4, 0.5) is 4.79 Å². The van der Waals surface area contributed by atoms with E-state index in [4.69, 9.17) is 4.74 Å². The summed E-state index contributed by atoms with van der Waals surface area (Å²) in [5.74, 6) is 0. The van der Waals surface area contributed by atoms with E-state index >= 15 is 0 Å². The SMILES string of the molecule is CO[C@@H]1CNCC[C@@H]1N(C(=O)O)C(C)(C)C. The van der Waals surface area contributed by atoms with Gasteiger partial charge >= 0.3 is 6.09 Å². The molecule has 0 aromatic heterocycles. The standard InChI is InChI=1S/C11H22N2O3/c1-11(2,3)13(10(14)15)8-5-6-12-7-9(8)16-4/h8-9,12H,5-7H2,1-4H3,(H,14,15)/t8-,9+/m0/s1. The topological polar surface area (TPSA) is 61.8 Å². The molecule has 2 atom stereocenters. The van der Waals surface area contributed by atoms with Crippen molar-refractivity contribution in [3.63, 3.8) is 0 Å². The number of hydrogen-bond donors (Lipinski definition) is 2. The van der Waals surface area contributed by atoms with Gasteiger partial charge in [0, 0.05) is 19.2 Å². The van der Waals surface area contributed by atoms with Crippen molar-refractivity contribution >= 4 is 6.09 Å². The molecule has 2 N–H and O–H groups in total. The van der Waals surface area contributed by atoms with Gasteiger partial charge in [-0.05, 0) is 33.7 Å². The molecule has 1 rings (SSSR count). The summed E-state index contributed by atoms with van der Waals surface area (Å²) < 4.78 is 5.36. The first-order chi connectivity index (χ1) is 7.38. The van der Waals surface area contributed by atoms with E-state index in [1.165, 1.54) is 4.90 Å². The molecule has 0 unspecified atom stereocenters. The van der Waals surface area contributed by atoms with Crippen molar-refractivity contribution < 1.29 is 14.6 Å². The average Bonchev–Trinajstić information content (AvgIpc) is 2.15. The fourth-order valence-corrected chi connectivity index (χ4v) is 2.28. The van der Waals surface area contributed by atoms with Crippen LogP contribution in [0.2, 0.25) is 0 Å². The van der Waals surface area contributed by atoms with E-state index < -0.39 is 11.6 Å². The first kappa shape index (κ1) is 13.3. The van der Waals surface area contributed by atoms with E-state index in [9.17, 15) is 9.90 Å². The quantitative estimate of drug-likeness (QED) is 0.747. The molecule has 1 aliphatic heterocycles. The molecule has 0 saturated carbocycles. The lowest BCUT2D eigenvalue weighted by molar-refractivity contribution is -0.0262. The number of rotatable bonds is 2. The number of nitrogens with zero attached hydrogens (tertiary/aromatic N) is 1. The van der Waals surface area contributed by atoms with Crippen LogP contribution >= 0.6 is 0 Å². The lowest BCUT2D eigenvalue weighted by atomic mass is 9.95. The lowest BCUT2D eigenvalue weighted by Gasteiger charge is -2.44. The number of amides is 1. The van der Waals surface area contributed by atoms with Gasteiger partial charge in [-0.1, -0.05) is 0 Å². The van der Waals surface area contributed by atoms with Gasteiger partial charge in [-0.3, -0.25) is 4.90 Å². The van der Waals surface area contributed by atoms with Crippen LogP contribution in [0.15, 0.2) is 0 Å². The predicted octanol–water partition coefficient (Wildman–Crippen LogP) is 1.14. The average molecular weight is 230 g/mol. The molecule has 1 amide bonds. The summed E-state index contributed by atoms with van der Waals surface area (Å²) in [5, 5.41) is 12.5. The van der Waals surface area contributed by atoms with Gasteiger partial charge in [0.1, 0.15) is 0 Å². The Bertz CT molecular complexity index is 250. The van der Waals surface area contributed by atoms with Crippen LogP contribution in [0.3, 0.4) is 0 Å². The van der Waals surface area contributed by atoms with E-state index in [1.807, 2.05) is 20.8 Å². The molecule has 1 fully saturated rings. The van der Waals surface area contributed by atoms with Crippen molar-refractivity contribution in [2.24, 2.45) is 0 Å². The first-order valence-electron chi connectivity index (χ1n) is 5.63. The minimum absolute atomic E-state index is 0.0657. The zero-order chi connectivity index (χ0) is 12.3. The monoisotopic (exact) mass is 230 g/mol. The highest BCUT2D eigenvalue weighted by Crippen LogP contribution is 2.24. The van der Waals surface area contributed by atoms with Crippen molar-refractivity contribution in [1.82, 2.24) is 10.2 Å². The highest BCUT2D eigenvalue weighted by Gasteiger charge is 2.38. The van der Waals surface area contributed by atoms with Gasteiger partial charge in [-0.25, -0.2) is 4.79 Å². The molecule has 16 heavy (non-hydrogen) atoms. The van der Waals surface area contributed by atoms with Gasteiger partial charge in [0.2, 0.25) is 0 Å². The summed E-state index contributed by atoms with van der Waals surface area (Å²) in [6, 6.07) is -0.0660. The van der Waals surface area contributed by atoms with E-state index in [0.29, 0.717) is 6.54 Å². The van der Waals surface area contributed by atoms with E-state index in [2.05, 4.69) is 5.32 Å². The van der Waals surface area contributed by atoms with Gasteiger partial charge < -0.3 is 15.2 Å². The van der Waals surface area contributed by atoms with Crippen LogP contribution < -0.4 is 5.32 Å². The molecule has 0 aromatic rings. The van der Waals surface area contributed by atoms with Crippen molar-refractivity contribution in [2.45, 2.75) is 44.9 Å². The smallest absolute Gasteiger partial charge is 0.408 e. The summed E-state index contributed by atoms with van der Waals surface area (Å²) in [5.41, 5.74) is -0.398. The zero-order valence-corrected chi connectivity index (χ0v) is 10.5. The van der Waals surface area contributed by atoms with Gasteiger partial charge in [0.15, 0.2) is 0 Å². The molecular weight excluding hydrogens is 208 g/mol. The Balaban J connectivity index is 2.87. The maximum Gasteiger partial charge on any atom is 0.408 e. The fraction of sp³-hybridized carbons (Fsp3) is 0.909. The second kappa shape index (κ2) is 5.01. The van der Waals surface area contributed by atoms with Crippen LogP contribution in [0.1, 0.15) is 27.2 Å². The van der Waals surface area contributed by atoms with Crippen LogP contribution in [0, 0.1) is 0 Å². The number of methoxy groups -OCH3 is 1. The van der Waals surface area contributed by atoms with Crippen molar-refractivity contribution in [1.29, 1.82) is 0 Å². The Kier molecular flexibility index (Phi) is 4.15. The molecule has 0 aliphatic carbocycles. The first-order valence-corrected chi connectivity index (χ1v) is 5.63. The third kappa shape index (κ3) is 2.86. The predicted molar refractivity (Wildman–Crippen MR) is 61.7 cm³/mol. The second-order valence-electron chi connectivity index (χ2n) is 5.16. The van der Waals surface area contributed by atoms with Gasteiger partial charge in [-0.2, -0.15) is 0 Å². The molecule has 1 aliphatic rings. The number of carbonyl (C=O) groups is 1. The number of carboxylic acid groups (broad SMARTS) is 1. The third-order valence-electron chi connectivity index (χ3n) is 2.95. The van der Waals surface area contributed by atoms with E-state index in [1.54, 1.807) is 7.11 Å². The molecule has 94 valence electrons. The Morgan fingerprint density at radius 3 is 2.56 bits per heavy atom. The fourth-order valence-electron chi connectivity index (χ4n) is 2.28. The molecule has 5 nitrogen and oxygen atoms in total. The van der Waals surface area contributed by atoms with E-state index in [0.717, 1.165) is 13.0 Å². The van der Waals surface area contributed by atoms with Crippen molar-refractivity contribution in [2.75, 3.05) is 20.2 Å². The normalized spacial score (nSPS) is 26.5. The molecule has 0 bridgehead atoms. The Hall–Kier alpha value is -0.810. The molecule has 5 heteroatoms. The highest BCUT2D eigenvalue weighted by molar-refractivity contribution is 5.66. The molecule has 0 radical (unpaired) electrons. The lowest BCUT2D eigenvalue weighted by Crippen LogP contribution is -2.60. The Morgan fingerprint density at radius 2 is 2.12 bits per heavy atom. The minimum atomic E-state index is -0.874. The van der Waals surface area contributed by atoms with Gasteiger partial charge in [0.25, 0.3) is 0 Å². The summed E-state index contributed by atoms with van der Waals surface area (Å²) in [4.78, 5) is 12.9. The summed E-state index contributed by atoms with van der Waals surface area (Å²) in [6.07, 6.45) is -0.146. The molecule has 0 spiro atoms. The maximum absolute atomic E-state index is 11.4. The number of nitrogens with one attached hydrogen (secondary N) is 1. The summed E-state index contributed by atoms with van der Waals surface area (Å²) >= 11 is 0. The maximum atomic E-state index is 11.4. The van der Waals surface area contributed by atoms with Gasteiger partial charge in [0.05, 0.1) is 12.1 Å². The second-order valence-corrected chi connectivity index (χ2v) is 5.16. The summed E-state index contributed by atoms with van der Waals surface area (Å²) in [6.45, 7) is 7.28. The highest BCUT2D eigenvalue weighted by atomic mass is 16.5. The zero-order valence-electron chi connectivity index (χ0n) is 10.5. The minimum Gasteiger partial charge on any atom is -0.465 e. The van der Waals surface area contributed by atoms with Crippen LogP contribution in [-0.4, -0.2) is 54.0 Å². The number of hydrogen-bond acceptors (Lipinski definition) is 3. The summed E-state index contributed by atoms with van der Waals surface area (Å²) in [7, 11) is 1.63. The third-order valence-corrected chi connectivity index (χ3v) is 2.95. The Labute approximate surface area is 96.8 Å². The van der Waals surface area contributed by atoms with Crippen LogP contribution in [0.5, 0.6) is 0 Å². The Morgan fingerprint density at radius 1 is 1.50 bits per heavy atom. The molecule has 0 aromatic carbocycles. The molecule has 1 heterocycles. The molecule has 1 saturated heterocycles. The number of piperidine rings is 1. The van der Waals surface area contributed by atoms with Crippen molar-refractivity contribution in [3.8, 4) is 0 Å². The number of ether oxygens (including phenoxy) is 1. The van der Waals surface area contributed by atoms with E-state index in [-0.39, 0.29) is 12.1 Å². The van der Waals surface area contributed by atoms with Crippen LogP contribution in [0.25, 0.3) is 0 Å². The molecular formula is C11H22N2O3. The largest absolute Gasteiger partial charge is 0.465 e.